The van der Waals surface area contributed by atoms with E-state index >= 15 is 0 Å². The lowest BCUT2D eigenvalue weighted by atomic mass is 10.1. The second kappa shape index (κ2) is 6.10. The van der Waals surface area contributed by atoms with Crippen LogP contribution >= 0.6 is 11.3 Å². The smallest absolute Gasteiger partial charge is 0.351 e. The van der Waals surface area contributed by atoms with E-state index < -0.39 is 22.0 Å². The van der Waals surface area contributed by atoms with Gasteiger partial charge in [-0.3, -0.25) is 4.31 Å². The summed E-state index contributed by atoms with van der Waals surface area (Å²) in [4.78, 5) is 0.285. The van der Waals surface area contributed by atoms with Gasteiger partial charge in [0.25, 0.3) is 10.0 Å². The summed E-state index contributed by atoms with van der Waals surface area (Å²) >= 11 is 0.861. The van der Waals surface area contributed by atoms with Crippen molar-refractivity contribution in [2.24, 2.45) is 0 Å². The molecule has 3 aromatic rings. The molecule has 1 unspecified atom stereocenters. The number of benzene rings is 1. The van der Waals surface area contributed by atoms with Crippen LogP contribution < -0.4 is 4.31 Å². The van der Waals surface area contributed by atoms with Gasteiger partial charge in [0.05, 0.1) is 10.6 Å². The summed E-state index contributed by atoms with van der Waals surface area (Å²) in [7, 11) is -3.84. The van der Waals surface area contributed by atoms with Crippen LogP contribution in [0.25, 0.3) is 10.6 Å². The van der Waals surface area contributed by atoms with E-state index in [-0.39, 0.29) is 20.8 Å². The molecule has 3 heterocycles. The van der Waals surface area contributed by atoms with Crippen molar-refractivity contribution in [3.63, 3.8) is 0 Å². The van der Waals surface area contributed by atoms with Crippen molar-refractivity contribution < 1.29 is 26.1 Å². The van der Waals surface area contributed by atoms with Crippen molar-refractivity contribution >= 4 is 27.0 Å². The van der Waals surface area contributed by atoms with Crippen LogP contribution in [0, 0.1) is 0 Å². The molecule has 0 aliphatic carbocycles. The highest BCUT2D eigenvalue weighted by Gasteiger charge is 2.38. The van der Waals surface area contributed by atoms with Crippen LogP contribution in [-0.4, -0.2) is 19.6 Å². The highest BCUT2D eigenvalue weighted by Crippen LogP contribution is 2.40. The molecular formula is C17H13F3N2O3S2. The average molecular weight is 414 g/mol. The first-order chi connectivity index (χ1) is 12.7. The van der Waals surface area contributed by atoms with E-state index in [2.05, 4.69) is 9.68 Å². The highest BCUT2D eigenvalue weighted by molar-refractivity contribution is 7.94. The molecule has 1 aliphatic heterocycles. The maximum atomic E-state index is 13.1. The summed E-state index contributed by atoms with van der Waals surface area (Å²) in [6.45, 7) is 1.82. The second-order valence-electron chi connectivity index (χ2n) is 6.18. The van der Waals surface area contributed by atoms with Gasteiger partial charge in [0, 0.05) is 12.1 Å². The van der Waals surface area contributed by atoms with Gasteiger partial charge < -0.3 is 4.52 Å². The zero-order chi connectivity index (χ0) is 19.4. The summed E-state index contributed by atoms with van der Waals surface area (Å²) in [5, 5.41) is 3.40. The molecule has 1 atom stereocenters. The molecule has 0 saturated heterocycles. The van der Waals surface area contributed by atoms with Crippen molar-refractivity contribution in [3.05, 3.63) is 53.8 Å². The predicted octanol–water partition coefficient (Wildman–Crippen LogP) is 4.56. The molecule has 0 bridgehead atoms. The summed E-state index contributed by atoms with van der Waals surface area (Å²) < 4.78 is 70.0. The van der Waals surface area contributed by atoms with Crippen LogP contribution in [0.4, 0.5) is 18.9 Å². The summed E-state index contributed by atoms with van der Waals surface area (Å²) in [6.07, 6.45) is -4.04. The third-order valence-electron chi connectivity index (χ3n) is 4.28. The van der Waals surface area contributed by atoms with Gasteiger partial charge in [0.15, 0.2) is 0 Å². The van der Waals surface area contributed by atoms with Gasteiger partial charge in [-0.2, -0.15) is 13.2 Å². The lowest BCUT2D eigenvalue weighted by Gasteiger charge is -2.23. The Balaban J connectivity index is 1.70. The van der Waals surface area contributed by atoms with Crippen molar-refractivity contribution in [2.45, 2.75) is 29.8 Å². The molecule has 0 amide bonds. The van der Waals surface area contributed by atoms with Gasteiger partial charge in [0.2, 0.25) is 5.76 Å². The number of rotatable bonds is 3. The number of aromatic nitrogens is 1. The second-order valence-corrected chi connectivity index (χ2v) is 9.30. The molecule has 5 nitrogen and oxygen atoms in total. The minimum absolute atomic E-state index is 0.0395. The Morgan fingerprint density at radius 1 is 1.22 bits per heavy atom. The first kappa shape index (κ1) is 18.1. The fourth-order valence-electron chi connectivity index (χ4n) is 3.12. The van der Waals surface area contributed by atoms with Gasteiger partial charge in [0.1, 0.15) is 9.90 Å². The van der Waals surface area contributed by atoms with Gasteiger partial charge in [-0.25, -0.2) is 8.42 Å². The maximum Gasteiger partial charge on any atom is 0.452 e. The number of halogens is 3. The van der Waals surface area contributed by atoms with Crippen molar-refractivity contribution in [1.82, 2.24) is 5.16 Å². The van der Waals surface area contributed by atoms with E-state index in [1.165, 1.54) is 16.4 Å². The molecule has 0 N–H and O–H groups in total. The predicted molar refractivity (Wildman–Crippen MR) is 94.1 cm³/mol. The third-order valence-corrected chi connectivity index (χ3v) is 7.78. The summed E-state index contributed by atoms with van der Waals surface area (Å²) in [5.74, 6) is -1.22. The van der Waals surface area contributed by atoms with E-state index in [4.69, 9.17) is 0 Å². The van der Waals surface area contributed by atoms with E-state index in [0.29, 0.717) is 12.1 Å². The van der Waals surface area contributed by atoms with E-state index in [0.717, 1.165) is 23.0 Å². The van der Waals surface area contributed by atoms with Crippen LogP contribution in [0.5, 0.6) is 0 Å². The SMILES string of the molecule is CC1Cc2ccccc2N1S(=O)(=O)c1ccc(-c2cc(C(F)(F)F)on2)s1. The quantitative estimate of drug-likeness (QED) is 0.630. The number of hydrogen-bond donors (Lipinski definition) is 0. The van der Waals surface area contributed by atoms with Crippen LogP contribution in [0.2, 0.25) is 0 Å². The molecule has 2 aromatic heterocycles. The Morgan fingerprint density at radius 2 is 1.96 bits per heavy atom. The molecule has 0 fully saturated rings. The van der Waals surface area contributed by atoms with Crippen LogP contribution in [-0.2, 0) is 22.6 Å². The molecule has 1 aromatic carbocycles. The molecule has 0 spiro atoms. The van der Waals surface area contributed by atoms with Crippen molar-refractivity contribution in [1.29, 1.82) is 0 Å². The fourth-order valence-corrected chi connectivity index (χ4v) is 6.16. The molecule has 27 heavy (non-hydrogen) atoms. The normalized spacial score (nSPS) is 17.3. The van der Waals surface area contributed by atoms with Crippen molar-refractivity contribution in [2.75, 3.05) is 4.31 Å². The van der Waals surface area contributed by atoms with Crippen molar-refractivity contribution in [3.8, 4) is 10.6 Å². The maximum absolute atomic E-state index is 13.1. The Hall–Kier alpha value is -2.33. The fraction of sp³-hybridized carbons (Fsp3) is 0.235. The number of hydrogen-bond acceptors (Lipinski definition) is 5. The van der Waals surface area contributed by atoms with Gasteiger partial charge in [-0.15, -0.1) is 11.3 Å². The number of para-hydroxylation sites is 1. The summed E-state index contributed by atoms with van der Waals surface area (Å²) in [6, 6.07) is 10.6. The number of fused-ring (bicyclic) bond motifs is 1. The van der Waals surface area contributed by atoms with Gasteiger partial charge in [-0.05, 0) is 37.1 Å². The molecule has 10 heteroatoms. The minimum atomic E-state index is -4.65. The first-order valence-electron chi connectivity index (χ1n) is 7.94. The van der Waals surface area contributed by atoms with Crippen LogP contribution in [0.1, 0.15) is 18.2 Å². The van der Waals surface area contributed by atoms with Crippen LogP contribution in [0.15, 0.2) is 51.2 Å². The molecule has 0 radical (unpaired) electrons. The molecule has 4 rings (SSSR count). The number of alkyl halides is 3. The van der Waals surface area contributed by atoms with Gasteiger partial charge >= 0.3 is 6.18 Å². The highest BCUT2D eigenvalue weighted by atomic mass is 32.2. The lowest BCUT2D eigenvalue weighted by molar-refractivity contribution is -0.155. The minimum Gasteiger partial charge on any atom is -0.351 e. The monoisotopic (exact) mass is 414 g/mol. The number of sulfonamides is 1. The number of nitrogens with zero attached hydrogens (tertiary/aromatic N) is 2. The van der Waals surface area contributed by atoms with E-state index in [9.17, 15) is 21.6 Å². The number of anilines is 1. The standard InChI is InChI=1S/C17H13F3N2O3S2/c1-10-8-11-4-2-3-5-13(11)22(10)27(23,24)16-7-6-14(26-16)12-9-15(25-21-12)17(18,19)20/h2-7,9-10H,8H2,1H3. The molecular weight excluding hydrogens is 401 g/mol. The lowest BCUT2D eigenvalue weighted by Crippen LogP contribution is -2.35. The first-order valence-corrected chi connectivity index (χ1v) is 10.2. The summed E-state index contributed by atoms with van der Waals surface area (Å²) in [5.41, 5.74) is 1.51. The number of thiophene rings is 1. The molecule has 142 valence electrons. The largest absolute Gasteiger partial charge is 0.452 e. The molecule has 1 aliphatic rings. The Morgan fingerprint density at radius 3 is 2.67 bits per heavy atom. The van der Waals surface area contributed by atoms with Gasteiger partial charge in [-0.1, -0.05) is 23.4 Å². The van der Waals surface area contributed by atoms with E-state index in [1.807, 2.05) is 19.1 Å². The Kier molecular flexibility index (Phi) is 4.08. The zero-order valence-electron chi connectivity index (χ0n) is 13.9. The third kappa shape index (κ3) is 3.02. The average Bonchev–Trinajstić information content (AvgIpc) is 3.31. The van der Waals surface area contributed by atoms with E-state index in [1.54, 1.807) is 12.1 Å². The molecule has 0 saturated carbocycles. The van der Waals surface area contributed by atoms with Crippen LogP contribution in [0.3, 0.4) is 0 Å². The zero-order valence-corrected chi connectivity index (χ0v) is 15.5. The topological polar surface area (TPSA) is 63.4 Å². The Bertz CT molecular complexity index is 1100. The Labute approximate surface area is 157 Å².